The third-order valence-electron chi connectivity index (χ3n) is 2.43. The molecule has 0 N–H and O–H groups in total. The molecule has 1 aromatic carbocycles. The molecule has 0 fully saturated rings. The van der Waals surface area contributed by atoms with Crippen molar-refractivity contribution in [2.45, 2.75) is 13.3 Å². The molecule has 0 spiro atoms. The van der Waals surface area contributed by atoms with E-state index in [0.29, 0.717) is 6.42 Å². The summed E-state index contributed by atoms with van der Waals surface area (Å²) in [6.07, 6.45) is 1.53. The van der Waals surface area contributed by atoms with Gasteiger partial charge in [0.1, 0.15) is 6.33 Å². The zero-order valence-corrected chi connectivity index (χ0v) is 10.0. The zero-order valence-electron chi connectivity index (χ0n) is 10.0. The second-order valence-corrected chi connectivity index (χ2v) is 3.65. The number of aromatic nitrogens is 2. The Hall–Kier alpha value is -2.55. The van der Waals surface area contributed by atoms with Crippen molar-refractivity contribution >= 4 is 0 Å². The number of nitrogens with zero attached hydrogens (tertiary/aromatic N) is 3. The lowest BCUT2D eigenvalue weighted by Crippen LogP contribution is -2.00. The highest BCUT2D eigenvalue weighted by Crippen LogP contribution is 2.26. The Morgan fingerprint density at radius 2 is 2.11 bits per heavy atom. The monoisotopic (exact) mass is 261 g/mol. The van der Waals surface area contributed by atoms with Crippen molar-refractivity contribution < 1.29 is 13.5 Å². The van der Waals surface area contributed by atoms with E-state index in [1.807, 2.05) is 0 Å². The summed E-state index contributed by atoms with van der Waals surface area (Å²) in [6.45, 7) is 1.73. The first-order valence-electron chi connectivity index (χ1n) is 5.52. The second kappa shape index (κ2) is 5.40. The fourth-order valence-electron chi connectivity index (χ4n) is 1.46. The molecule has 1 heterocycles. The van der Waals surface area contributed by atoms with Crippen molar-refractivity contribution in [1.29, 1.82) is 5.26 Å². The zero-order chi connectivity index (χ0) is 13.8. The molecule has 96 valence electrons. The van der Waals surface area contributed by atoms with Crippen LogP contribution in [0.4, 0.5) is 8.78 Å². The van der Waals surface area contributed by atoms with Crippen LogP contribution in [-0.4, -0.2) is 9.97 Å². The third kappa shape index (κ3) is 2.65. The van der Waals surface area contributed by atoms with E-state index in [9.17, 15) is 8.78 Å². The Bertz CT molecular complexity index is 653. The van der Waals surface area contributed by atoms with Gasteiger partial charge in [-0.05, 0) is 24.6 Å². The summed E-state index contributed by atoms with van der Waals surface area (Å²) in [4.78, 5) is 7.37. The predicted octanol–water partition coefficient (Wildman–Crippen LogP) is 2.98. The van der Waals surface area contributed by atoms with E-state index in [0.717, 1.165) is 12.4 Å². The largest absolute Gasteiger partial charge is 0.433 e. The van der Waals surface area contributed by atoms with Gasteiger partial charge in [-0.3, -0.25) is 0 Å². The number of hydrogen-bond donors (Lipinski definition) is 0. The quantitative estimate of drug-likeness (QED) is 0.852. The molecule has 4 nitrogen and oxygen atoms in total. The van der Waals surface area contributed by atoms with Gasteiger partial charge in [0, 0.05) is 0 Å². The lowest BCUT2D eigenvalue weighted by Gasteiger charge is -2.08. The summed E-state index contributed by atoms with van der Waals surface area (Å²) >= 11 is 0. The lowest BCUT2D eigenvalue weighted by atomic mass is 10.2. The molecule has 0 radical (unpaired) electrons. The van der Waals surface area contributed by atoms with Crippen LogP contribution >= 0.6 is 0 Å². The van der Waals surface area contributed by atoms with Crippen molar-refractivity contribution in [2.75, 3.05) is 0 Å². The van der Waals surface area contributed by atoms with Gasteiger partial charge in [-0.15, -0.1) is 0 Å². The summed E-state index contributed by atoms with van der Waals surface area (Å²) in [5.41, 5.74) is 0.348. The normalized spacial score (nSPS) is 10.0. The van der Waals surface area contributed by atoms with Crippen LogP contribution in [0.25, 0.3) is 0 Å². The Balaban J connectivity index is 2.34. The number of rotatable bonds is 3. The van der Waals surface area contributed by atoms with Crippen LogP contribution < -0.4 is 4.74 Å². The molecule has 2 rings (SSSR count). The van der Waals surface area contributed by atoms with Gasteiger partial charge in [0.05, 0.1) is 17.3 Å². The third-order valence-corrected chi connectivity index (χ3v) is 2.43. The van der Waals surface area contributed by atoms with Crippen LogP contribution in [0.5, 0.6) is 11.6 Å². The summed E-state index contributed by atoms with van der Waals surface area (Å²) in [5, 5.41) is 8.62. The minimum atomic E-state index is -0.755. The standard InChI is InChI=1S/C13H9F2N3O/c1-2-10-12(15)13(18-7-17-10)19-11-4-3-8(6-16)5-9(11)14/h3-5,7H,2H2,1H3. The Labute approximate surface area is 108 Å². The molecule has 6 heteroatoms. The van der Waals surface area contributed by atoms with Gasteiger partial charge in [0.2, 0.25) is 5.82 Å². The minimum absolute atomic E-state index is 0.155. The molecule has 0 aliphatic rings. The van der Waals surface area contributed by atoms with Gasteiger partial charge >= 0.3 is 0 Å². The van der Waals surface area contributed by atoms with Gasteiger partial charge in [0.15, 0.2) is 11.6 Å². The summed E-state index contributed by atoms with van der Waals surface area (Å²) in [7, 11) is 0. The molecule has 2 aromatic rings. The average Bonchev–Trinajstić information content (AvgIpc) is 2.43. The summed E-state index contributed by atoms with van der Waals surface area (Å²) in [6, 6.07) is 5.43. The molecule has 0 atom stereocenters. The molecular formula is C13H9F2N3O. The minimum Gasteiger partial charge on any atom is -0.433 e. The van der Waals surface area contributed by atoms with Gasteiger partial charge in [0.25, 0.3) is 5.88 Å². The van der Waals surface area contributed by atoms with E-state index >= 15 is 0 Å². The first kappa shape index (κ1) is 12.9. The maximum absolute atomic E-state index is 13.8. The van der Waals surface area contributed by atoms with Crippen LogP contribution in [0, 0.1) is 23.0 Å². The number of halogens is 2. The van der Waals surface area contributed by atoms with Crippen LogP contribution in [-0.2, 0) is 6.42 Å². The average molecular weight is 261 g/mol. The predicted molar refractivity (Wildman–Crippen MR) is 62.6 cm³/mol. The fraction of sp³-hybridized carbons (Fsp3) is 0.154. The maximum Gasteiger partial charge on any atom is 0.259 e. The van der Waals surface area contributed by atoms with Crippen LogP contribution in [0.3, 0.4) is 0 Å². The van der Waals surface area contributed by atoms with Crippen LogP contribution in [0.15, 0.2) is 24.5 Å². The van der Waals surface area contributed by atoms with Crippen molar-refractivity contribution in [2.24, 2.45) is 0 Å². The number of hydrogen-bond acceptors (Lipinski definition) is 4. The SMILES string of the molecule is CCc1ncnc(Oc2ccc(C#N)cc2F)c1F. The highest BCUT2D eigenvalue weighted by Gasteiger charge is 2.14. The van der Waals surface area contributed by atoms with Crippen LogP contribution in [0.2, 0.25) is 0 Å². The molecule has 0 unspecified atom stereocenters. The summed E-state index contributed by atoms with van der Waals surface area (Å²) in [5.74, 6) is -2.00. The van der Waals surface area contributed by atoms with Crippen molar-refractivity contribution in [1.82, 2.24) is 9.97 Å². The van der Waals surface area contributed by atoms with Crippen LogP contribution in [0.1, 0.15) is 18.2 Å². The molecule has 0 aliphatic heterocycles. The number of ether oxygens (including phenoxy) is 1. The topological polar surface area (TPSA) is 58.8 Å². The molecule has 0 aliphatic carbocycles. The van der Waals surface area contributed by atoms with Crippen molar-refractivity contribution in [3.05, 3.63) is 47.4 Å². The molecule has 0 amide bonds. The molecule has 0 bridgehead atoms. The smallest absolute Gasteiger partial charge is 0.259 e. The first-order chi connectivity index (χ1) is 9.15. The van der Waals surface area contributed by atoms with Gasteiger partial charge < -0.3 is 4.74 Å². The highest BCUT2D eigenvalue weighted by molar-refractivity contribution is 5.37. The van der Waals surface area contributed by atoms with E-state index in [2.05, 4.69) is 9.97 Å². The van der Waals surface area contributed by atoms with E-state index in [4.69, 9.17) is 10.00 Å². The number of benzene rings is 1. The van der Waals surface area contributed by atoms with Gasteiger partial charge in [-0.2, -0.15) is 14.6 Å². The van der Waals surface area contributed by atoms with E-state index in [-0.39, 0.29) is 22.9 Å². The Morgan fingerprint density at radius 3 is 2.74 bits per heavy atom. The Morgan fingerprint density at radius 1 is 1.32 bits per heavy atom. The van der Waals surface area contributed by atoms with E-state index in [1.165, 1.54) is 12.1 Å². The molecule has 0 saturated carbocycles. The Kier molecular flexibility index (Phi) is 3.66. The molecule has 1 aromatic heterocycles. The van der Waals surface area contributed by atoms with Gasteiger partial charge in [-0.25, -0.2) is 9.37 Å². The van der Waals surface area contributed by atoms with Crippen molar-refractivity contribution in [3.63, 3.8) is 0 Å². The lowest BCUT2D eigenvalue weighted by molar-refractivity contribution is 0.392. The second-order valence-electron chi connectivity index (χ2n) is 3.65. The summed E-state index contributed by atoms with van der Waals surface area (Å²) < 4.78 is 32.5. The first-order valence-corrected chi connectivity index (χ1v) is 5.52. The highest BCUT2D eigenvalue weighted by atomic mass is 19.1. The number of nitriles is 1. The molecule has 0 saturated heterocycles. The van der Waals surface area contributed by atoms with Gasteiger partial charge in [-0.1, -0.05) is 6.92 Å². The van der Waals surface area contributed by atoms with E-state index < -0.39 is 11.6 Å². The van der Waals surface area contributed by atoms with E-state index in [1.54, 1.807) is 13.0 Å². The maximum atomic E-state index is 13.8. The fourth-order valence-corrected chi connectivity index (χ4v) is 1.46. The molecule has 19 heavy (non-hydrogen) atoms. The van der Waals surface area contributed by atoms with Crippen molar-refractivity contribution in [3.8, 4) is 17.7 Å². The molecular weight excluding hydrogens is 252 g/mol. The number of aryl methyl sites for hydroxylation is 1.